The smallest absolute Gasteiger partial charge is 0.138 e. The SMILES string of the molecule is Cc1cc(C)c2nc(-c3ccccc3C(C)(C)C)[nH]c2c1. The molecule has 0 aliphatic carbocycles. The minimum atomic E-state index is 0.0977. The van der Waals surface area contributed by atoms with Crippen molar-refractivity contribution in [2.45, 2.75) is 40.0 Å². The maximum atomic E-state index is 4.84. The predicted molar refractivity (Wildman–Crippen MR) is 89.7 cm³/mol. The van der Waals surface area contributed by atoms with Crippen LogP contribution in [0.25, 0.3) is 22.4 Å². The van der Waals surface area contributed by atoms with Crippen LogP contribution < -0.4 is 0 Å². The van der Waals surface area contributed by atoms with Gasteiger partial charge in [0.1, 0.15) is 5.82 Å². The van der Waals surface area contributed by atoms with Gasteiger partial charge >= 0.3 is 0 Å². The van der Waals surface area contributed by atoms with E-state index in [1.807, 2.05) is 0 Å². The average Bonchev–Trinajstić information content (AvgIpc) is 2.81. The molecule has 1 N–H and O–H groups in total. The molecule has 0 aliphatic rings. The Kier molecular flexibility index (Phi) is 3.12. The average molecular weight is 278 g/mol. The molecule has 0 atom stereocenters. The largest absolute Gasteiger partial charge is 0.338 e. The summed E-state index contributed by atoms with van der Waals surface area (Å²) < 4.78 is 0. The van der Waals surface area contributed by atoms with Crippen LogP contribution >= 0.6 is 0 Å². The summed E-state index contributed by atoms with van der Waals surface area (Å²) in [6.07, 6.45) is 0. The lowest BCUT2D eigenvalue weighted by atomic mass is 9.83. The number of aromatic nitrogens is 2. The van der Waals surface area contributed by atoms with E-state index in [9.17, 15) is 0 Å². The number of imidazole rings is 1. The third kappa shape index (κ3) is 2.46. The highest BCUT2D eigenvalue weighted by Crippen LogP contribution is 2.32. The summed E-state index contributed by atoms with van der Waals surface area (Å²) in [7, 11) is 0. The first kappa shape index (κ1) is 13.9. The number of hydrogen-bond donors (Lipinski definition) is 1. The molecule has 0 amide bonds. The molecule has 0 aliphatic heterocycles. The molecule has 2 nitrogen and oxygen atoms in total. The Morgan fingerprint density at radius 3 is 2.43 bits per heavy atom. The number of nitrogens with one attached hydrogen (secondary N) is 1. The lowest BCUT2D eigenvalue weighted by Crippen LogP contribution is -2.12. The fourth-order valence-corrected chi connectivity index (χ4v) is 2.94. The molecule has 21 heavy (non-hydrogen) atoms. The van der Waals surface area contributed by atoms with Crippen LogP contribution in [-0.2, 0) is 5.41 Å². The fourth-order valence-electron chi connectivity index (χ4n) is 2.94. The molecule has 0 unspecified atom stereocenters. The zero-order valence-electron chi connectivity index (χ0n) is 13.4. The van der Waals surface area contributed by atoms with Gasteiger partial charge in [0.05, 0.1) is 11.0 Å². The molecule has 1 aromatic heterocycles. The first-order chi connectivity index (χ1) is 9.86. The summed E-state index contributed by atoms with van der Waals surface area (Å²) in [5.74, 6) is 0.962. The van der Waals surface area contributed by atoms with Crippen molar-refractivity contribution in [3.05, 3.63) is 53.1 Å². The Morgan fingerprint density at radius 2 is 1.71 bits per heavy atom. The summed E-state index contributed by atoms with van der Waals surface area (Å²) in [4.78, 5) is 8.34. The zero-order valence-corrected chi connectivity index (χ0v) is 13.4. The van der Waals surface area contributed by atoms with Gasteiger partial charge in [-0.2, -0.15) is 0 Å². The third-order valence-electron chi connectivity index (χ3n) is 3.91. The third-order valence-corrected chi connectivity index (χ3v) is 3.91. The van der Waals surface area contributed by atoms with E-state index in [-0.39, 0.29) is 5.41 Å². The van der Waals surface area contributed by atoms with Gasteiger partial charge in [-0.05, 0) is 42.0 Å². The number of rotatable bonds is 1. The van der Waals surface area contributed by atoms with Crippen LogP contribution in [0.2, 0.25) is 0 Å². The van der Waals surface area contributed by atoms with Crippen LogP contribution in [0.15, 0.2) is 36.4 Å². The van der Waals surface area contributed by atoms with Crippen molar-refractivity contribution < 1.29 is 0 Å². The van der Waals surface area contributed by atoms with E-state index < -0.39 is 0 Å². The van der Waals surface area contributed by atoms with Crippen LogP contribution in [0.5, 0.6) is 0 Å². The summed E-state index contributed by atoms with van der Waals surface area (Å²) in [6.45, 7) is 11.0. The van der Waals surface area contributed by atoms with Crippen molar-refractivity contribution in [2.24, 2.45) is 0 Å². The van der Waals surface area contributed by atoms with E-state index in [1.54, 1.807) is 0 Å². The summed E-state index contributed by atoms with van der Waals surface area (Å²) >= 11 is 0. The Hall–Kier alpha value is -2.09. The number of nitrogens with zero attached hydrogens (tertiary/aromatic N) is 1. The van der Waals surface area contributed by atoms with Gasteiger partial charge in [0.25, 0.3) is 0 Å². The summed E-state index contributed by atoms with van der Waals surface area (Å²) in [6, 6.07) is 12.9. The van der Waals surface area contributed by atoms with Crippen molar-refractivity contribution in [3.63, 3.8) is 0 Å². The molecule has 0 radical (unpaired) electrons. The highest BCUT2D eigenvalue weighted by molar-refractivity contribution is 5.83. The topological polar surface area (TPSA) is 28.7 Å². The van der Waals surface area contributed by atoms with Gasteiger partial charge in [-0.15, -0.1) is 0 Å². The molecular formula is C19H22N2. The molecule has 0 spiro atoms. The second-order valence-corrected chi connectivity index (χ2v) is 6.86. The van der Waals surface area contributed by atoms with Gasteiger partial charge < -0.3 is 4.98 Å². The highest BCUT2D eigenvalue weighted by atomic mass is 14.9. The molecule has 0 bridgehead atoms. The maximum Gasteiger partial charge on any atom is 0.138 e. The summed E-state index contributed by atoms with van der Waals surface area (Å²) in [5, 5.41) is 0. The van der Waals surface area contributed by atoms with Gasteiger partial charge in [-0.25, -0.2) is 4.98 Å². The first-order valence-electron chi connectivity index (χ1n) is 7.43. The van der Waals surface area contributed by atoms with Crippen LogP contribution in [0.1, 0.15) is 37.5 Å². The monoisotopic (exact) mass is 278 g/mol. The number of aromatic amines is 1. The molecule has 1 heterocycles. The lowest BCUT2D eigenvalue weighted by molar-refractivity contribution is 0.591. The van der Waals surface area contributed by atoms with Crippen LogP contribution in [0.4, 0.5) is 0 Å². The van der Waals surface area contributed by atoms with E-state index in [4.69, 9.17) is 4.98 Å². The van der Waals surface area contributed by atoms with E-state index in [0.29, 0.717) is 0 Å². The summed E-state index contributed by atoms with van der Waals surface area (Å²) in [5.41, 5.74) is 7.28. The number of hydrogen-bond acceptors (Lipinski definition) is 1. The number of fused-ring (bicyclic) bond motifs is 1. The Labute approximate surface area is 126 Å². The molecule has 108 valence electrons. The van der Waals surface area contributed by atoms with E-state index in [1.165, 1.54) is 22.3 Å². The van der Waals surface area contributed by atoms with Crippen molar-refractivity contribution in [1.82, 2.24) is 9.97 Å². The molecular weight excluding hydrogens is 256 g/mol. The fraction of sp³-hybridized carbons (Fsp3) is 0.316. The quantitative estimate of drug-likeness (QED) is 0.655. The zero-order chi connectivity index (χ0) is 15.2. The second-order valence-electron chi connectivity index (χ2n) is 6.86. The molecule has 3 rings (SSSR count). The van der Waals surface area contributed by atoms with Gasteiger partial charge in [0, 0.05) is 5.56 Å². The van der Waals surface area contributed by atoms with E-state index in [2.05, 4.69) is 76.0 Å². The van der Waals surface area contributed by atoms with Crippen molar-refractivity contribution in [1.29, 1.82) is 0 Å². The molecule has 0 fully saturated rings. The van der Waals surface area contributed by atoms with Gasteiger partial charge in [0.15, 0.2) is 0 Å². The Balaban J connectivity index is 2.25. The number of benzene rings is 2. The first-order valence-corrected chi connectivity index (χ1v) is 7.43. The van der Waals surface area contributed by atoms with Gasteiger partial charge in [-0.3, -0.25) is 0 Å². The highest BCUT2D eigenvalue weighted by Gasteiger charge is 2.20. The second kappa shape index (κ2) is 4.73. The van der Waals surface area contributed by atoms with Crippen LogP contribution in [0, 0.1) is 13.8 Å². The van der Waals surface area contributed by atoms with Gasteiger partial charge in [-0.1, -0.05) is 51.1 Å². The van der Waals surface area contributed by atoms with Crippen molar-refractivity contribution in [2.75, 3.05) is 0 Å². The maximum absolute atomic E-state index is 4.84. The van der Waals surface area contributed by atoms with Crippen LogP contribution in [0.3, 0.4) is 0 Å². The number of H-pyrrole nitrogens is 1. The van der Waals surface area contributed by atoms with Crippen molar-refractivity contribution in [3.8, 4) is 11.4 Å². The van der Waals surface area contributed by atoms with Gasteiger partial charge in [0.2, 0.25) is 0 Å². The van der Waals surface area contributed by atoms with E-state index >= 15 is 0 Å². The van der Waals surface area contributed by atoms with Crippen LogP contribution in [-0.4, -0.2) is 9.97 Å². The Morgan fingerprint density at radius 1 is 1.00 bits per heavy atom. The van der Waals surface area contributed by atoms with Crippen molar-refractivity contribution >= 4 is 11.0 Å². The predicted octanol–water partition coefficient (Wildman–Crippen LogP) is 5.14. The minimum Gasteiger partial charge on any atom is -0.338 e. The Bertz CT molecular complexity index is 804. The normalized spacial score (nSPS) is 12.0. The lowest BCUT2D eigenvalue weighted by Gasteiger charge is -2.21. The molecule has 2 heteroatoms. The molecule has 0 saturated carbocycles. The number of aryl methyl sites for hydroxylation is 2. The minimum absolute atomic E-state index is 0.0977. The van der Waals surface area contributed by atoms with E-state index in [0.717, 1.165) is 16.9 Å². The standard InChI is InChI=1S/C19H22N2/c1-12-10-13(2)17-16(11-12)20-18(21-17)14-8-6-7-9-15(14)19(3,4)5/h6-11H,1-5H3,(H,20,21). The molecule has 3 aromatic rings. The molecule has 2 aromatic carbocycles. The molecule has 0 saturated heterocycles.